The van der Waals surface area contributed by atoms with Crippen molar-refractivity contribution in [1.29, 1.82) is 0 Å². The lowest BCUT2D eigenvalue weighted by Crippen LogP contribution is -2.51. The van der Waals surface area contributed by atoms with E-state index in [2.05, 4.69) is 42.0 Å². The van der Waals surface area contributed by atoms with Crippen LogP contribution in [-0.4, -0.2) is 35.9 Å². The Morgan fingerprint density at radius 1 is 1.00 bits per heavy atom. The highest BCUT2D eigenvalue weighted by molar-refractivity contribution is 9.10. The van der Waals surface area contributed by atoms with E-state index in [4.69, 9.17) is 16.3 Å². The van der Waals surface area contributed by atoms with Crippen LogP contribution >= 0.6 is 27.5 Å². The zero-order valence-electron chi connectivity index (χ0n) is 22.3. The number of carbonyl (C=O) groups excluding carboxylic acids is 2. The maximum atomic E-state index is 13.7. The highest BCUT2D eigenvalue weighted by Gasteiger charge is 2.30. The monoisotopic (exact) mass is 598 g/mol. The number of halogens is 2. The molecule has 0 bridgehead atoms. The van der Waals surface area contributed by atoms with Gasteiger partial charge in [0, 0.05) is 24.5 Å². The maximum absolute atomic E-state index is 13.7. The van der Waals surface area contributed by atoms with E-state index in [0.717, 1.165) is 28.4 Å². The molecule has 5 nitrogen and oxygen atoms in total. The lowest BCUT2D eigenvalue weighted by atomic mass is 10.0. The Labute approximate surface area is 239 Å². The molecule has 0 aromatic heterocycles. The summed E-state index contributed by atoms with van der Waals surface area (Å²) in [5.74, 6) is 0.495. The Bertz CT molecular complexity index is 1200. The van der Waals surface area contributed by atoms with E-state index in [9.17, 15) is 9.59 Å². The van der Waals surface area contributed by atoms with Gasteiger partial charge in [0.1, 0.15) is 11.8 Å². The van der Waals surface area contributed by atoms with E-state index >= 15 is 0 Å². The largest absolute Gasteiger partial charge is 0.483 e. The molecule has 3 aromatic rings. The third kappa shape index (κ3) is 8.88. The van der Waals surface area contributed by atoms with Gasteiger partial charge in [0.25, 0.3) is 5.91 Å². The van der Waals surface area contributed by atoms with Crippen LogP contribution in [0.2, 0.25) is 5.02 Å². The van der Waals surface area contributed by atoms with E-state index in [-0.39, 0.29) is 25.0 Å². The summed E-state index contributed by atoms with van der Waals surface area (Å²) in [6, 6.07) is 22.3. The average molecular weight is 600 g/mol. The van der Waals surface area contributed by atoms with E-state index in [1.54, 1.807) is 11.0 Å². The summed E-state index contributed by atoms with van der Waals surface area (Å²) in [5.41, 5.74) is 2.98. The molecule has 3 rings (SSSR count). The van der Waals surface area contributed by atoms with Crippen molar-refractivity contribution in [3.63, 3.8) is 0 Å². The van der Waals surface area contributed by atoms with Crippen molar-refractivity contribution in [3.05, 3.63) is 99.0 Å². The first-order valence-corrected chi connectivity index (χ1v) is 14.2. The van der Waals surface area contributed by atoms with Gasteiger partial charge in [0.2, 0.25) is 5.91 Å². The van der Waals surface area contributed by atoms with E-state index in [1.165, 1.54) is 5.56 Å². The van der Waals surface area contributed by atoms with Crippen molar-refractivity contribution in [2.24, 2.45) is 0 Å². The number of hydrogen-bond donors (Lipinski definition) is 1. The van der Waals surface area contributed by atoms with Gasteiger partial charge in [-0.2, -0.15) is 0 Å². The van der Waals surface area contributed by atoms with Crippen molar-refractivity contribution in [2.45, 2.75) is 58.5 Å². The molecule has 202 valence electrons. The first kappa shape index (κ1) is 29.7. The predicted octanol–water partition coefficient (Wildman–Crippen LogP) is 7.16. The normalized spacial score (nSPS) is 11.7. The molecule has 1 N–H and O–H groups in total. The van der Waals surface area contributed by atoms with Gasteiger partial charge < -0.3 is 15.0 Å². The van der Waals surface area contributed by atoms with Crippen LogP contribution in [0.3, 0.4) is 0 Å². The van der Waals surface area contributed by atoms with Gasteiger partial charge in [-0.15, -0.1) is 0 Å². The minimum absolute atomic E-state index is 0.180. The molecular formula is C31H36BrClN2O3. The Balaban J connectivity index is 1.89. The van der Waals surface area contributed by atoms with Crippen molar-refractivity contribution in [1.82, 2.24) is 10.2 Å². The van der Waals surface area contributed by atoms with Crippen LogP contribution < -0.4 is 10.1 Å². The SMILES string of the molecule is CCCCNC(=O)C(Cc1ccccc1)N(Cc1cccc(Cl)c1)C(=O)COc1ccc(C(C)C)cc1Br. The predicted molar refractivity (Wildman–Crippen MR) is 158 cm³/mol. The fraction of sp³-hybridized carbons (Fsp3) is 0.355. The van der Waals surface area contributed by atoms with Gasteiger partial charge in [0.05, 0.1) is 4.47 Å². The Kier molecular flexibility index (Phi) is 11.7. The van der Waals surface area contributed by atoms with Gasteiger partial charge in [0.15, 0.2) is 6.61 Å². The lowest BCUT2D eigenvalue weighted by molar-refractivity contribution is -0.142. The second kappa shape index (κ2) is 14.9. The van der Waals surface area contributed by atoms with Crippen molar-refractivity contribution >= 4 is 39.3 Å². The molecule has 3 aromatic carbocycles. The highest BCUT2D eigenvalue weighted by Crippen LogP contribution is 2.29. The van der Waals surface area contributed by atoms with E-state index in [0.29, 0.717) is 29.7 Å². The molecule has 1 atom stereocenters. The van der Waals surface area contributed by atoms with Crippen LogP contribution in [0.25, 0.3) is 0 Å². The quantitative estimate of drug-likeness (QED) is 0.212. The second-order valence-corrected chi connectivity index (χ2v) is 10.9. The molecule has 0 heterocycles. The van der Waals surface area contributed by atoms with Crippen LogP contribution in [0.15, 0.2) is 77.3 Å². The van der Waals surface area contributed by atoms with Gasteiger partial charge >= 0.3 is 0 Å². The number of hydrogen-bond acceptors (Lipinski definition) is 3. The third-order valence-corrected chi connectivity index (χ3v) is 7.17. The summed E-state index contributed by atoms with van der Waals surface area (Å²) >= 11 is 9.81. The third-order valence-electron chi connectivity index (χ3n) is 6.32. The Hall–Kier alpha value is -2.83. The average Bonchev–Trinajstić information content (AvgIpc) is 2.90. The highest BCUT2D eigenvalue weighted by atomic mass is 79.9. The zero-order valence-corrected chi connectivity index (χ0v) is 24.6. The topological polar surface area (TPSA) is 58.6 Å². The smallest absolute Gasteiger partial charge is 0.261 e. The fourth-order valence-electron chi connectivity index (χ4n) is 4.11. The summed E-state index contributed by atoms with van der Waals surface area (Å²) in [7, 11) is 0. The molecule has 0 aliphatic carbocycles. The molecule has 1 unspecified atom stereocenters. The summed E-state index contributed by atoms with van der Waals surface area (Å²) in [6.45, 7) is 6.91. The summed E-state index contributed by atoms with van der Waals surface area (Å²) in [4.78, 5) is 28.8. The first-order chi connectivity index (χ1) is 18.3. The lowest BCUT2D eigenvalue weighted by Gasteiger charge is -2.31. The van der Waals surface area contributed by atoms with Crippen LogP contribution in [0, 0.1) is 0 Å². The van der Waals surface area contributed by atoms with Crippen molar-refractivity contribution in [2.75, 3.05) is 13.2 Å². The minimum atomic E-state index is -0.712. The standard InChI is InChI=1S/C31H36BrClN2O3/c1-4-5-16-34-31(37)28(18-23-10-7-6-8-11-23)35(20-24-12-9-13-26(33)17-24)30(36)21-38-29-15-14-25(22(2)3)19-27(29)32/h6-15,17,19,22,28H,4-5,16,18,20-21H2,1-3H3,(H,34,37). The minimum Gasteiger partial charge on any atom is -0.483 e. The molecule has 0 saturated heterocycles. The number of unbranched alkanes of at least 4 members (excludes halogenated alkanes) is 1. The number of nitrogens with one attached hydrogen (secondary N) is 1. The van der Waals surface area contributed by atoms with Crippen LogP contribution in [-0.2, 0) is 22.6 Å². The number of rotatable bonds is 13. The van der Waals surface area contributed by atoms with Crippen LogP contribution in [0.4, 0.5) is 0 Å². The van der Waals surface area contributed by atoms with Crippen LogP contribution in [0.1, 0.15) is 56.2 Å². The number of amides is 2. The first-order valence-electron chi connectivity index (χ1n) is 13.1. The number of ether oxygens (including phenoxy) is 1. The molecule has 0 radical (unpaired) electrons. The molecule has 0 spiro atoms. The maximum Gasteiger partial charge on any atom is 0.261 e. The van der Waals surface area contributed by atoms with E-state index < -0.39 is 6.04 Å². The molecule has 0 aliphatic heterocycles. The van der Waals surface area contributed by atoms with Crippen LogP contribution in [0.5, 0.6) is 5.75 Å². The van der Waals surface area contributed by atoms with Crippen molar-refractivity contribution in [3.8, 4) is 5.75 Å². The van der Waals surface area contributed by atoms with Crippen molar-refractivity contribution < 1.29 is 14.3 Å². The van der Waals surface area contributed by atoms with Gasteiger partial charge in [-0.05, 0) is 69.2 Å². The molecule has 0 saturated carbocycles. The number of benzene rings is 3. The molecule has 38 heavy (non-hydrogen) atoms. The zero-order chi connectivity index (χ0) is 27.5. The Morgan fingerprint density at radius 2 is 1.74 bits per heavy atom. The molecule has 0 fully saturated rings. The molecule has 2 amide bonds. The number of carbonyl (C=O) groups is 2. The van der Waals surface area contributed by atoms with Gasteiger partial charge in [-0.25, -0.2) is 0 Å². The van der Waals surface area contributed by atoms with Gasteiger partial charge in [-0.1, -0.05) is 87.3 Å². The van der Waals surface area contributed by atoms with Gasteiger partial charge in [-0.3, -0.25) is 9.59 Å². The van der Waals surface area contributed by atoms with E-state index in [1.807, 2.05) is 66.7 Å². The Morgan fingerprint density at radius 3 is 2.39 bits per heavy atom. The summed E-state index contributed by atoms with van der Waals surface area (Å²) in [6.07, 6.45) is 2.22. The number of nitrogens with zero attached hydrogens (tertiary/aromatic N) is 1. The molecule has 0 aliphatic rings. The fourth-order valence-corrected chi connectivity index (χ4v) is 4.83. The second-order valence-electron chi connectivity index (χ2n) is 9.63. The summed E-state index contributed by atoms with van der Waals surface area (Å²) in [5, 5.41) is 3.61. The molecule has 7 heteroatoms. The summed E-state index contributed by atoms with van der Waals surface area (Å²) < 4.78 is 6.75. The molecular weight excluding hydrogens is 564 g/mol.